The summed E-state index contributed by atoms with van der Waals surface area (Å²) in [4.78, 5) is 14.8. The summed E-state index contributed by atoms with van der Waals surface area (Å²) in [5.74, 6) is -0.566. The van der Waals surface area contributed by atoms with E-state index >= 15 is 0 Å². The smallest absolute Gasteiger partial charge is 0.255 e. The fraction of sp³-hybridized carbons (Fsp3) is 0.240. The number of carbonyl (C=O) groups excluding carboxylic acids is 1. The second-order valence-corrected chi connectivity index (χ2v) is 7.36. The largest absolute Gasteiger partial charge is 0.378 e. The van der Waals surface area contributed by atoms with Crippen LogP contribution in [-0.4, -0.2) is 32.2 Å². The molecule has 0 aromatic heterocycles. The van der Waals surface area contributed by atoms with E-state index < -0.39 is 0 Å². The zero-order valence-electron chi connectivity index (χ0n) is 16.8. The molecule has 1 amide bonds. The minimum absolute atomic E-state index is 0.225. The summed E-state index contributed by atoms with van der Waals surface area (Å²) < 4.78 is 20.0. The minimum Gasteiger partial charge on any atom is -0.378 e. The molecule has 4 rings (SSSR count). The normalized spacial score (nSPS) is 13.8. The summed E-state index contributed by atoms with van der Waals surface area (Å²) in [5.41, 5.74) is 3.82. The molecule has 0 unspecified atom stereocenters. The second kappa shape index (κ2) is 9.55. The Morgan fingerprint density at radius 3 is 2.43 bits per heavy atom. The predicted molar refractivity (Wildman–Crippen MR) is 118 cm³/mol. The Bertz CT molecular complexity index is 1000. The maximum absolute atomic E-state index is 14.6. The van der Waals surface area contributed by atoms with Crippen LogP contribution in [0.25, 0.3) is 0 Å². The zero-order chi connectivity index (χ0) is 20.8. The van der Waals surface area contributed by atoms with Crippen LogP contribution in [0.4, 0.5) is 15.8 Å². The molecule has 5 heteroatoms. The van der Waals surface area contributed by atoms with Crippen LogP contribution in [0, 0.1) is 5.82 Å². The van der Waals surface area contributed by atoms with Crippen molar-refractivity contribution in [2.24, 2.45) is 0 Å². The van der Waals surface area contributed by atoms with E-state index in [-0.39, 0.29) is 11.7 Å². The molecule has 1 saturated heterocycles. The van der Waals surface area contributed by atoms with E-state index in [0.29, 0.717) is 43.2 Å². The highest BCUT2D eigenvalue weighted by molar-refractivity contribution is 6.05. The van der Waals surface area contributed by atoms with Crippen LogP contribution in [0.5, 0.6) is 0 Å². The third-order valence-electron chi connectivity index (χ3n) is 5.35. The first-order valence-corrected chi connectivity index (χ1v) is 10.3. The lowest BCUT2D eigenvalue weighted by molar-refractivity contribution is 0.102. The first-order chi connectivity index (χ1) is 14.7. The van der Waals surface area contributed by atoms with Gasteiger partial charge in [0.1, 0.15) is 5.82 Å². The molecule has 0 aliphatic carbocycles. The van der Waals surface area contributed by atoms with Gasteiger partial charge in [-0.1, -0.05) is 48.5 Å². The fourth-order valence-corrected chi connectivity index (χ4v) is 3.73. The van der Waals surface area contributed by atoms with Gasteiger partial charge in [0.25, 0.3) is 5.91 Å². The number of amides is 1. The van der Waals surface area contributed by atoms with E-state index in [1.165, 1.54) is 11.6 Å². The van der Waals surface area contributed by atoms with Gasteiger partial charge >= 0.3 is 0 Å². The molecule has 1 aliphatic rings. The first kappa shape index (κ1) is 20.1. The van der Waals surface area contributed by atoms with Crippen molar-refractivity contribution in [3.63, 3.8) is 0 Å². The van der Waals surface area contributed by atoms with Crippen molar-refractivity contribution in [2.75, 3.05) is 36.5 Å². The third kappa shape index (κ3) is 4.86. The summed E-state index contributed by atoms with van der Waals surface area (Å²) in [6, 6.07) is 22.6. The summed E-state index contributed by atoms with van der Waals surface area (Å²) in [5, 5.41) is 2.85. The molecule has 4 nitrogen and oxygen atoms in total. The molecule has 0 bridgehead atoms. The number of carbonyl (C=O) groups is 1. The molecule has 30 heavy (non-hydrogen) atoms. The van der Waals surface area contributed by atoms with E-state index in [4.69, 9.17) is 4.74 Å². The quantitative estimate of drug-likeness (QED) is 0.648. The molecule has 1 aliphatic heterocycles. The molecule has 1 N–H and O–H groups in total. The number of nitrogens with one attached hydrogen (secondary N) is 1. The SMILES string of the molecule is O=C(Nc1ccc(N2CCOCC2)c(F)c1)c1ccccc1CCc1ccccc1. The lowest BCUT2D eigenvalue weighted by Gasteiger charge is -2.29. The van der Waals surface area contributed by atoms with Crippen LogP contribution < -0.4 is 10.2 Å². The molecular weight excluding hydrogens is 379 g/mol. The maximum Gasteiger partial charge on any atom is 0.255 e. The summed E-state index contributed by atoms with van der Waals surface area (Å²) >= 11 is 0. The number of nitrogens with zero attached hydrogens (tertiary/aromatic N) is 1. The van der Waals surface area contributed by atoms with Crippen molar-refractivity contribution in [2.45, 2.75) is 12.8 Å². The Morgan fingerprint density at radius 2 is 1.67 bits per heavy atom. The molecule has 0 radical (unpaired) electrons. The number of halogens is 1. The van der Waals surface area contributed by atoms with Crippen LogP contribution in [0.2, 0.25) is 0 Å². The van der Waals surface area contributed by atoms with Crippen LogP contribution >= 0.6 is 0 Å². The van der Waals surface area contributed by atoms with Crippen LogP contribution in [0.1, 0.15) is 21.5 Å². The summed E-state index contributed by atoms with van der Waals surface area (Å²) in [6.07, 6.45) is 1.62. The van der Waals surface area contributed by atoms with Crippen molar-refractivity contribution in [3.8, 4) is 0 Å². The molecule has 3 aromatic rings. The Kier molecular flexibility index (Phi) is 6.40. The molecule has 0 saturated carbocycles. The van der Waals surface area contributed by atoms with E-state index in [1.54, 1.807) is 12.1 Å². The van der Waals surface area contributed by atoms with Crippen molar-refractivity contribution in [1.29, 1.82) is 0 Å². The topological polar surface area (TPSA) is 41.6 Å². The van der Waals surface area contributed by atoms with Crippen molar-refractivity contribution in [3.05, 3.63) is 95.3 Å². The number of aryl methyl sites for hydroxylation is 2. The third-order valence-corrected chi connectivity index (χ3v) is 5.35. The fourth-order valence-electron chi connectivity index (χ4n) is 3.73. The second-order valence-electron chi connectivity index (χ2n) is 7.36. The molecule has 0 spiro atoms. The standard InChI is InChI=1S/C25H25FN2O2/c26-23-18-21(12-13-24(23)28-14-16-30-17-15-28)27-25(29)22-9-5-4-8-20(22)11-10-19-6-2-1-3-7-19/h1-9,12-13,18H,10-11,14-17H2,(H,27,29). The Balaban J connectivity index is 1.45. The molecule has 154 valence electrons. The number of morpholine rings is 1. The van der Waals surface area contributed by atoms with Gasteiger partial charge in [0.2, 0.25) is 0 Å². The van der Waals surface area contributed by atoms with Gasteiger partial charge in [0, 0.05) is 24.3 Å². The molecule has 0 atom stereocenters. The molecule has 1 heterocycles. The van der Waals surface area contributed by atoms with E-state index in [0.717, 1.165) is 18.4 Å². The highest BCUT2D eigenvalue weighted by Gasteiger charge is 2.17. The summed E-state index contributed by atoms with van der Waals surface area (Å²) in [7, 11) is 0. The van der Waals surface area contributed by atoms with Gasteiger partial charge in [-0.05, 0) is 48.2 Å². The van der Waals surface area contributed by atoms with Crippen LogP contribution in [-0.2, 0) is 17.6 Å². The van der Waals surface area contributed by atoms with E-state index in [9.17, 15) is 9.18 Å². The van der Waals surface area contributed by atoms with E-state index in [1.807, 2.05) is 47.4 Å². The highest BCUT2D eigenvalue weighted by Crippen LogP contribution is 2.24. The first-order valence-electron chi connectivity index (χ1n) is 10.3. The van der Waals surface area contributed by atoms with Crippen molar-refractivity contribution < 1.29 is 13.9 Å². The Labute approximate surface area is 176 Å². The highest BCUT2D eigenvalue weighted by atomic mass is 19.1. The number of rotatable bonds is 6. The maximum atomic E-state index is 14.6. The van der Waals surface area contributed by atoms with Gasteiger partial charge in [-0.3, -0.25) is 4.79 Å². The number of anilines is 2. The van der Waals surface area contributed by atoms with Gasteiger partial charge in [-0.25, -0.2) is 4.39 Å². The predicted octanol–water partition coefficient (Wildman–Crippen LogP) is 4.70. The van der Waals surface area contributed by atoms with Crippen LogP contribution in [0.3, 0.4) is 0 Å². The number of hydrogen-bond acceptors (Lipinski definition) is 3. The van der Waals surface area contributed by atoms with Gasteiger partial charge in [-0.2, -0.15) is 0 Å². The average molecular weight is 404 g/mol. The molecule has 1 fully saturated rings. The lowest BCUT2D eigenvalue weighted by atomic mass is 9.99. The Morgan fingerprint density at radius 1 is 0.933 bits per heavy atom. The molecular formula is C25H25FN2O2. The summed E-state index contributed by atoms with van der Waals surface area (Å²) in [6.45, 7) is 2.52. The number of hydrogen-bond donors (Lipinski definition) is 1. The van der Waals surface area contributed by atoms with Gasteiger partial charge < -0.3 is 15.0 Å². The monoisotopic (exact) mass is 404 g/mol. The van der Waals surface area contributed by atoms with Crippen molar-refractivity contribution in [1.82, 2.24) is 0 Å². The van der Waals surface area contributed by atoms with E-state index in [2.05, 4.69) is 17.4 Å². The van der Waals surface area contributed by atoms with Gasteiger partial charge in [-0.15, -0.1) is 0 Å². The number of ether oxygens (including phenoxy) is 1. The number of benzene rings is 3. The average Bonchev–Trinajstić information content (AvgIpc) is 2.79. The zero-order valence-corrected chi connectivity index (χ0v) is 16.8. The van der Waals surface area contributed by atoms with Gasteiger partial charge in [0.15, 0.2) is 0 Å². The Hall–Kier alpha value is -3.18. The minimum atomic E-state index is -0.341. The van der Waals surface area contributed by atoms with Crippen molar-refractivity contribution >= 4 is 17.3 Å². The molecule has 3 aromatic carbocycles. The van der Waals surface area contributed by atoms with Crippen LogP contribution in [0.15, 0.2) is 72.8 Å². The van der Waals surface area contributed by atoms with Gasteiger partial charge in [0.05, 0.1) is 18.9 Å². The lowest BCUT2D eigenvalue weighted by Crippen LogP contribution is -2.36.